The summed E-state index contributed by atoms with van der Waals surface area (Å²) in [6.45, 7) is 0. The van der Waals surface area contributed by atoms with Gasteiger partial charge in [-0.2, -0.15) is 0 Å². The van der Waals surface area contributed by atoms with Gasteiger partial charge in [0.2, 0.25) is 5.91 Å². The minimum Gasteiger partial charge on any atom is -0.506 e. The van der Waals surface area contributed by atoms with Gasteiger partial charge in [0.25, 0.3) is 0 Å². The average molecular weight is 287 g/mol. The highest BCUT2D eigenvalue weighted by atomic mass is 16.4. The predicted molar refractivity (Wildman–Crippen MR) is 75.8 cm³/mol. The maximum Gasteiger partial charge on any atom is 0.307 e. The molecule has 0 aliphatic heterocycles. The van der Waals surface area contributed by atoms with Crippen molar-refractivity contribution < 1.29 is 24.2 Å². The van der Waals surface area contributed by atoms with E-state index in [1.165, 1.54) is 36.6 Å². The number of nitrogens with one attached hydrogen (secondary N) is 1. The Morgan fingerprint density at radius 2 is 2.10 bits per heavy atom. The molecule has 0 saturated heterocycles. The Labute approximate surface area is 120 Å². The topological polar surface area (TPSA) is 99.8 Å². The highest BCUT2D eigenvalue weighted by molar-refractivity contribution is 6.02. The highest BCUT2D eigenvalue weighted by Gasteiger charge is 2.07. The van der Waals surface area contributed by atoms with Crippen molar-refractivity contribution in [2.75, 3.05) is 5.32 Å². The van der Waals surface area contributed by atoms with Crippen LogP contribution < -0.4 is 5.32 Å². The molecule has 0 spiro atoms. The quantitative estimate of drug-likeness (QED) is 0.578. The molecule has 1 amide bonds. The summed E-state index contributed by atoms with van der Waals surface area (Å²) in [5.41, 5.74) is 0.633. The summed E-state index contributed by atoms with van der Waals surface area (Å²) < 4.78 is 5.04. The minimum absolute atomic E-state index is 0.135. The van der Waals surface area contributed by atoms with Crippen molar-refractivity contribution in [1.82, 2.24) is 0 Å². The van der Waals surface area contributed by atoms with Crippen molar-refractivity contribution in [3.05, 3.63) is 54.0 Å². The first-order chi connectivity index (χ1) is 10.0. The molecule has 2 rings (SSSR count). The lowest BCUT2D eigenvalue weighted by Gasteiger charge is -2.07. The molecule has 0 fully saturated rings. The number of anilines is 1. The zero-order valence-corrected chi connectivity index (χ0v) is 10.9. The number of phenolic OH excluding ortho intramolecular Hbond substituents is 1. The van der Waals surface area contributed by atoms with E-state index in [0.717, 1.165) is 0 Å². The number of aromatic hydroxyl groups is 1. The number of carbonyl (C=O) groups is 2. The largest absolute Gasteiger partial charge is 0.506 e. The van der Waals surface area contributed by atoms with Crippen LogP contribution >= 0.6 is 0 Å². The molecule has 0 unspecified atom stereocenters. The van der Waals surface area contributed by atoms with Crippen LogP contribution in [0.1, 0.15) is 11.3 Å². The van der Waals surface area contributed by atoms with Gasteiger partial charge in [0.1, 0.15) is 11.5 Å². The molecule has 1 aromatic heterocycles. The van der Waals surface area contributed by atoms with E-state index in [0.29, 0.717) is 11.3 Å². The number of amides is 1. The zero-order valence-electron chi connectivity index (χ0n) is 10.9. The van der Waals surface area contributed by atoms with Gasteiger partial charge in [-0.3, -0.25) is 9.59 Å². The molecular formula is C15H13NO5. The van der Waals surface area contributed by atoms with E-state index in [1.807, 2.05) is 0 Å². The third-order valence-corrected chi connectivity index (χ3v) is 2.62. The fraction of sp³-hybridized carbons (Fsp3) is 0.0667. The van der Waals surface area contributed by atoms with E-state index in [-0.39, 0.29) is 17.9 Å². The molecule has 6 nitrogen and oxygen atoms in total. The van der Waals surface area contributed by atoms with Crippen LogP contribution in [0.2, 0.25) is 0 Å². The molecule has 6 heteroatoms. The Balaban J connectivity index is 2.07. The van der Waals surface area contributed by atoms with E-state index in [4.69, 9.17) is 9.52 Å². The second kappa shape index (κ2) is 6.42. The molecule has 0 aliphatic carbocycles. The van der Waals surface area contributed by atoms with Gasteiger partial charge >= 0.3 is 5.97 Å². The van der Waals surface area contributed by atoms with Gasteiger partial charge in [0, 0.05) is 6.08 Å². The van der Waals surface area contributed by atoms with Gasteiger partial charge in [-0.1, -0.05) is 6.07 Å². The average Bonchev–Trinajstić information content (AvgIpc) is 2.93. The normalized spacial score (nSPS) is 10.7. The number of carboxylic acids is 1. The van der Waals surface area contributed by atoms with Gasteiger partial charge in [-0.25, -0.2) is 0 Å². The maximum atomic E-state index is 11.7. The fourth-order valence-corrected chi connectivity index (χ4v) is 1.69. The standard InChI is InChI=1S/C15H13NO5/c17-13-5-3-10(9-15(19)20)8-12(13)16-14(18)6-4-11-2-1-7-21-11/h1-8,17H,9H2,(H,16,18)(H,19,20)/b6-4+. The third-order valence-electron chi connectivity index (χ3n) is 2.62. The van der Waals surface area contributed by atoms with Crippen LogP contribution in [0.5, 0.6) is 5.75 Å². The first kappa shape index (κ1) is 14.4. The molecule has 0 aliphatic rings. The lowest BCUT2D eigenvalue weighted by Crippen LogP contribution is -2.09. The SMILES string of the molecule is O=C(O)Cc1ccc(O)c(NC(=O)/C=C/c2ccco2)c1. The summed E-state index contributed by atoms with van der Waals surface area (Å²) in [7, 11) is 0. The molecule has 0 bridgehead atoms. The molecule has 0 atom stereocenters. The summed E-state index contributed by atoms with van der Waals surface area (Å²) in [6.07, 6.45) is 4.03. The fourth-order valence-electron chi connectivity index (χ4n) is 1.69. The lowest BCUT2D eigenvalue weighted by molar-refractivity contribution is -0.136. The van der Waals surface area contributed by atoms with E-state index in [1.54, 1.807) is 12.1 Å². The van der Waals surface area contributed by atoms with Crippen molar-refractivity contribution >= 4 is 23.6 Å². The number of benzene rings is 1. The monoisotopic (exact) mass is 287 g/mol. The van der Waals surface area contributed by atoms with E-state index in [2.05, 4.69) is 5.32 Å². The zero-order chi connectivity index (χ0) is 15.2. The predicted octanol–water partition coefficient (Wildman–Crippen LogP) is 2.26. The number of carbonyl (C=O) groups excluding carboxylic acids is 1. The number of aliphatic carboxylic acids is 1. The number of hydrogen-bond acceptors (Lipinski definition) is 4. The molecule has 2 aromatic rings. The van der Waals surface area contributed by atoms with Gasteiger partial charge in [-0.15, -0.1) is 0 Å². The van der Waals surface area contributed by atoms with Gasteiger partial charge in [-0.05, 0) is 35.9 Å². The third kappa shape index (κ3) is 4.24. The van der Waals surface area contributed by atoms with Gasteiger partial charge < -0.3 is 19.9 Å². The summed E-state index contributed by atoms with van der Waals surface area (Å²) in [5.74, 6) is -1.07. The first-order valence-corrected chi connectivity index (χ1v) is 6.11. The highest BCUT2D eigenvalue weighted by Crippen LogP contribution is 2.24. The Morgan fingerprint density at radius 1 is 1.29 bits per heavy atom. The van der Waals surface area contributed by atoms with Crippen LogP contribution in [0.25, 0.3) is 6.08 Å². The van der Waals surface area contributed by atoms with Crippen LogP contribution in [-0.2, 0) is 16.0 Å². The van der Waals surface area contributed by atoms with Crippen molar-refractivity contribution in [2.24, 2.45) is 0 Å². The summed E-state index contributed by atoms with van der Waals surface area (Å²) in [5, 5.41) is 20.9. The van der Waals surface area contributed by atoms with Crippen LogP contribution in [0, 0.1) is 0 Å². The Morgan fingerprint density at radius 3 is 2.76 bits per heavy atom. The van der Waals surface area contributed by atoms with Crippen LogP contribution in [0.3, 0.4) is 0 Å². The molecule has 1 heterocycles. The smallest absolute Gasteiger partial charge is 0.307 e. The van der Waals surface area contributed by atoms with Gasteiger partial charge in [0.05, 0.1) is 18.4 Å². The molecule has 3 N–H and O–H groups in total. The molecule has 21 heavy (non-hydrogen) atoms. The van der Waals surface area contributed by atoms with Crippen molar-refractivity contribution in [3.63, 3.8) is 0 Å². The second-order valence-corrected chi connectivity index (χ2v) is 4.26. The summed E-state index contributed by atoms with van der Waals surface area (Å²) in [4.78, 5) is 22.4. The second-order valence-electron chi connectivity index (χ2n) is 4.26. The van der Waals surface area contributed by atoms with Crippen molar-refractivity contribution in [2.45, 2.75) is 6.42 Å². The number of rotatable bonds is 5. The van der Waals surface area contributed by atoms with E-state index < -0.39 is 11.9 Å². The van der Waals surface area contributed by atoms with Crippen LogP contribution in [-0.4, -0.2) is 22.1 Å². The summed E-state index contributed by atoms with van der Waals surface area (Å²) >= 11 is 0. The van der Waals surface area contributed by atoms with Crippen LogP contribution in [0.15, 0.2) is 47.1 Å². The number of furan rings is 1. The Hall–Kier alpha value is -3.02. The van der Waals surface area contributed by atoms with Gasteiger partial charge in [0.15, 0.2) is 0 Å². The molecule has 1 aromatic carbocycles. The molecule has 0 saturated carbocycles. The van der Waals surface area contributed by atoms with Crippen molar-refractivity contribution in [3.8, 4) is 5.75 Å². The number of carboxylic acid groups (broad SMARTS) is 1. The molecule has 0 radical (unpaired) electrons. The van der Waals surface area contributed by atoms with E-state index in [9.17, 15) is 14.7 Å². The number of phenols is 1. The van der Waals surface area contributed by atoms with Crippen LogP contribution in [0.4, 0.5) is 5.69 Å². The first-order valence-electron chi connectivity index (χ1n) is 6.11. The maximum absolute atomic E-state index is 11.7. The Bertz CT molecular complexity index is 673. The number of hydrogen-bond donors (Lipinski definition) is 3. The summed E-state index contributed by atoms with van der Waals surface area (Å²) in [6, 6.07) is 7.62. The Kier molecular flexibility index (Phi) is 4.40. The lowest BCUT2D eigenvalue weighted by atomic mass is 10.1. The van der Waals surface area contributed by atoms with E-state index >= 15 is 0 Å². The molecule has 108 valence electrons. The molecular weight excluding hydrogens is 274 g/mol. The minimum atomic E-state index is -0.990. The van der Waals surface area contributed by atoms with Crippen molar-refractivity contribution in [1.29, 1.82) is 0 Å².